The second-order valence-electron chi connectivity index (χ2n) is 4.93. The fourth-order valence-corrected chi connectivity index (χ4v) is 2.05. The van der Waals surface area contributed by atoms with Gasteiger partial charge in [-0.1, -0.05) is 18.2 Å². The summed E-state index contributed by atoms with van der Waals surface area (Å²) in [5.41, 5.74) is 1.19. The van der Waals surface area contributed by atoms with Gasteiger partial charge in [-0.3, -0.25) is 9.78 Å². The van der Waals surface area contributed by atoms with Gasteiger partial charge < -0.3 is 10.4 Å². The second-order valence-corrected chi connectivity index (χ2v) is 4.93. The van der Waals surface area contributed by atoms with E-state index in [-0.39, 0.29) is 35.2 Å². The first kappa shape index (κ1) is 14.7. The predicted octanol–water partition coefficient (Wildman–Crippen LogP) is 2.34. The van der Waals surface area contributed by atoms with E-state index in [1.165, 1.54) is 24.3 Å². The Morgan fingerprint density at radius 2 is 1.91 bits per heavy atom. The van der Waals surface area contributed by atoms with Crippen molar-refractivity contribution >= 4 is 11.6 Å². The number of H-pyrrole nitrogens is 1. The number of anilines is 2. The number of halogens is 1. The summed E-state index contributed by atoms with van der Waals surface area (Å²) in [5.74, 6) is -0.0684. The Morgan fingerprint density at radius 1 is 1.13 bits per heavy atom. The van der Waals surface area contributed by atoms with Gasteiger partial charge in [-0.25, -0.2) is 4.39 Å². The summed E-state index contributed by atoms with van der Waals surface area (Å²) in [7, 11) is 0. The summed E-state index contributed by atoms with van der Waals surface area (Å²) in [6, 6.07) is 12.2. The summed E-state index contributed by atoms with van der Waals surface area (Å²) in [6.07, 6.45) is 0.259. The minimum Gasteiger partial charge on any atom is -0.508 e. The quantitative estimate of drug-likeness (QED) is 0.688. The first-order valence-corrected chi connectivity index (χ1v) is 6.86. The topological polar surface area (TPSA) is 90.9 Å². The zero-order valence-electron chi connectivity index (χ0n) is 12.0. The summed E-state index contributed by atoms with van der Waals surface area (Å²) >= 11 is 0. The van der Waals surface area contributed by atoms with E-state index in [4.69, 9.17) is 0 Å². The molecule has 0 saturated carbocycles. The molecule has 1 aromatic heterocycles. The molecule has 3 aromatic rings. The van der Waals surface area contributed by atoms with Crippen LogP contribution in [0.25, 0.3) is 0 Å². The van der Waals surface area contributed by atoms with Crippen molar-refractivity contribution in [3.63, 3.8) is 0 Å². The van der Waals surface area contributed by atoms with Crippen molar-refractivity contribution in [2.75, 3.05) is 5.32 Å². The molecule has 3 rings (SSSR count). The SMILES string of the molecule is O=c1[nH]c(Nc2cccc(O)c2)nnc1Cc1ccc(F)cc1. The average Bonchev–Trinajstić information content (AvgIpc) is 2.52. The Morgan fingerprint density at radius 3 is 2.61 bits per heavy atom. The molecule has 0 spiro atoms. The van der Waals surface area contributed by atoms with Crippen LogP contribution in [-0.4, -0.2) is 20.3 Å². The van der Waals surface area contributed by atoms with Gasteiger partial charge >= 0.3 is 0 Å². The molecule has 3 N–H and O–H groups in total. The van der Waals surface area contributed by atoms with Crippen LogP contribution in [0.5, 0.6) is 5.75 Å². The van der Waals surface area contributed by atoms with Crippen LogP contribution in [0.2, 0.25) is 0 Å². The Kier molecular flexibility index (Phi) is 4.01. The molecule has 0 aliphatic rings. The van der Waals surface area contributed by atoms with E-state index in [1.807, 2.05) is 0 Å². The molecule has 0 fully saturated rings. The van der Waals surface area contributed by atoms with E-state index in [1.54, 1.807) is 24.3 Å². The third-order valence-corrected chi connectivity index (χ3v) is 3.16. The van der Waals surface area contributed by atoms with E-state index in [0.717, 1.165) is 5.56 Å². The van der Waals surface area contributed by atoms with Crippen LogP contribution in [0.3, 0.4) is 0 Å². The number of benzene rings is 2. The number of hydrogen-bond acceptors (Lipinski definition) is 5. The van der Waals surface area contributed by atoms with E-state index in [2.05, 4.69) is 20.5 Å². The van der Waals surface area contributed by atoms with Crippen LogP contribution >= 0.6 is 0 Å². The minimum atomic E-state index is -0.382. The van der Waals surface area contributed by atoms with Crippen LogP contribution in [0.1, 0.15) is 11.3 Å². The number of aromatic hydroxyl groups is 1. The molecule has 0 radical (unpaired) electrons. The van der Waals surface area contributed by atoms with Crippen molar-refractivity contribution in [1.82, 2.24) is 15.2 Å². The van der Waals surface area contributed by atoms with Gasteiger partial charge in [0.2, 0.25) is 5.95 Å². The first-order chi connectivity index (χ1) is 11.1. The van der Waals surface area contributed by atoms with Crippen LogP contribution in [0, 0.1) is 5.82 Å². The fourth-order valence-electron chi connectivity index (χ4n) is 2.05. The molecule has 0 bridgehead atoms. The highest BCUT2D eigenvalue weighted by atomic mass is 19.1. The molecule has 0 aliphatic heterocycles. The maximum Gasteiger partial charge on any atom is 0.274 e. The van der Waals surface area contributed by atoms with E-state index < -0.39 is 0 Å². The second kappa shape index (κ2) is 6.27. The molecule has 0 amide bonds. The zero-order chi connectivity index (χ0) is 16.2. The molecule has 0 atom stereocenters. The highest BCUT2D eigenvalue weighted by molar-refractivity contribution is 5.55. The molecule has 0 unspecified atom stereocenters. The molecule has 7 heteroatoms. The van der Waals surface area contributed by atoms with E-state index >= 15 is 0 Å². The van der Waals surface area contributed by atoms with Gasteiger partial charge in [-0.15, -0.1) is 10.2 Å². The average molecular weight is 312 g/mol. The van der Waals surface area contributed by atoms with Crippen molar-refractivity contribution in [3.8, 4) is 5.75 Å². The number of phenols is 1. The van der Waals surface area contributed by atoms with Gasteiger partial charge in [0.15, 0.2) is 0 Å². The van der Waals surface area contributed by atoms with Gasteiger partial charge in [0, 0.05) is 18.2 Å². The Bertz CT molecular complexity index is 878. The van der Waals surface area contributed by atoms with E-state index in [0.29, 0.717) is 5.69 Å². The van der Waals surface area contributed by atoms with E-state index in [9.17, 15) is 14.3 Å². The number of rotatable bonds is 4. The van der Waals surface area contributed by atoms with Crippen LogP contribution in [0.4, 0.5) is 16.0 Å². The summed E-state index contributed by atoms with van der Waals surface area (Å²) in [4.78, 5) is 14.6. The summed E-state index contributed by atoms with van der Waals surface area (Å²) < 4.78 is 12.9. The van der Waals surface area contributed by atoms with Crippen molar-refractivity contribution in [2.24, 2.45) is 0 Å². The normalized spacial score (nSPS) is 10.5. The molecular formula is C16H13FN4O2. The molecular weight excluding hydrogens is 299 g/mol. The number of hydrogen-bond donors (Lipinski definition) is 3. The lowest BCUT2D eigenvalue weighted by Crippen LogP contribution is -2.18. The smallest absolute Gasteiger partial charge is 0.274 e. The third-order valence-electron chi connectivity index (χ3n) is 3.16. The largest absolute Gasteiger partial charge is 0.508 e. The van der Waals surface area contributed by atoms with Crippen molar-refractivity contribution < 1.29 is 9.50 Å². The molecule has 1 heterocycles. The predicted molar refractivity (Wildman–Crippen MR) is 83.2 cm³/mol. The lowest BCUT2D eigenvalue weighted by Gasteiger charge is -2.06. The minimum absolute atomic E-state index is 0.0956. The van der Waals surface area contributed by atoms with Gasteiger partial charge in [0.25, 0.3) is 5.56 Å². The fraction of sp³-hybridized carbons (Fsp3) is 0.0625. The number of nitrogens with zero attached hydrogens (tertiary/aromatic N) is 2. The van der Waals surface area contributed by atoms with Gasteiger partial charge in [0.05, 0.1) is 0 Å². The maximum absolute atomic E-state index is 12.9. The van der Waals surface area contributed by atoms with Gasteiger partial charge in [-0.2, -0.15) is 0 Å². The highest BCUT2D eigenvalue weighted by Crippen LogP contribution is 2.17. The molecule has 0 saturated heterocycles. The third kappa shape index (κ3) is 3.70. The monoisotopic (exact) mass is 312 g/mol. The number of phenolic OH excluding ortho intramolecular Hbond substituents is 1. The number of aromatic nitrogens is 3. The number of aromatic amines is 1. The lowest BCUT2D eigenvalue weighted by atomic mass is 10.1. The standard InChI is InChI=1S/C16H13FN4O2/c17-11-6-4-10(5-7-11)8-14-15(23)19-16(21-20-14)18-12-2-1-3-13(22)9-12/h1-7,9,22H,8H2,(H2,18,19,21,23). The van der Waals surface area contributed by atoms with Gasteiger partial charge in [0.1, 0.15) is 17.3 Å². The molecule has 116 valence electrons. The molecule has 6 nitrogen and oxygen atoms in total. The lowest BCUT2D eigenvalue weighted by molar-refractivity contribution is 0.475. The van der Waals surface area contributed by atoms with Crippen LogP contribution in [0.15, 0.2) is 53.3 Å². The summed E-state index contributed by atoms with van der Waals surface area (Å²) in [6.45, 7) is 0. The van der Waals surface area contributed by atoms with Crippen LogP contribution < -0.4 is 10.9 Å². The number of nitrogens with one attached hydrogen (secondary N) is 2. The Labute approximate surface area is 130 Å². The highest BCUT2D eigenvalue weighted by Gasteiger charge is 2.07. The molecule has 0 aliphatic carbocycles. The van der Waals surface area contributed by atoms with Gasteiger partial charge in [-0.05, 0) is 29.8 Å². The van der Waals surface area contributed by atoms with Crippen LogP contribution in [-0.2, 0) is 6.42 Å². The Hall–Kier alpha value is -3.22. The molecule has 23 heavy (non-hydrogen) atoms. The van der Waals surface area contributed by atoms with Crippen molar-refractivity contribution in [2.45, 2.75) is 6.42 Å². The zero-order valence-corrected chi connectivity index (χ0v) is 12.0. The van der Waals surface area contributed by atoms with Crippen molar-refractivity contribution in [3.05, 3.63) is 76.0 Å². The first-order valence-electron chi connectivity index (χ1n) is 6.86. The maximum atomic E-state index is 12.9. The molecule has 2 aromatic carbocycles. The van der Waals surface area contributed by atoms with Crippen molar-refractivity contribution in [1.29, 1.82) is 0 Å². The Balaban J connectivity index is 1.78. The summed E-state index contributed by atoms with van der Waals surface area (Å²) in [5, 5.41) is 20.1.